The Balaban J connectivity index is 2.64. The third kappa shape index (κ3) is 5.09. The quantitative estimate of drug-likeness (QED) is 0.687. The molecule has 1 rings (SSSR count). The van der Waals surface area contributed by atoms with Gasteiger partial charge in [0.05, 0.1) is 19.3 Å². The van der Waals surface area contributed by atoms with Gasteiger partial charge in [-0.15, -0.1) is 0 Å². The molecule has 6 nitrogen and oxygen atoms in total. The van der Waals surface area contributed by atoms with Crippen LogP contribution in [0, 0.1) is 5.92 Å². The Labute approximate surface area is 120 Å². The van der Waals surface area contributed by atoms with Crippen molar-refractivity contribution in [3.8, 4) is 0 Å². The maximum Gasteiger partial charge on any atom is 0.325 e. The first kappa shape index (κ1) is 16.9. The smallest absolute Gasteiger partial charge is 0.325 e. The van der Waals surface area contributed by atoms with Crippen molar-refractivity contribution in [1.82, 2.24) is 10.2 Å². The number of piperidine rings is 1. The van der Waals surface area contributed by atoms with E-state index in [1.165, 1.54) is 4.90 Å². The first-order chi connectivity index (χ1) is 9.60. The zero-order valence-electron chi connectivity index (χ0n) is 12.7. The Morgan fingerprint density at radius 1 is 1.40 bits per heavy atom. The summed E-state index contributed by atoms with van der Waals surface area (Å²) in [6.07, 6.45) is 2.11. The molecule has 2 atom stereocenters. The lowest BCUT2D eigenvalue weighted by atomic mass is 9.92. The van der Waals surface area contributed by atoms with Crippen LogP contribution >= 0.6 is 0 Å². The van der Waals surface area contributed by atoms with Crippen molar-refractivity contribution in [3.05, 3.63) is 0 Å². The Hall–Kier alpha value is -1.14. The van der Waals surface area contributed by atoms with Crippen molar-refractivity contribution in [2.75, 3.05) is 40.0 Å². The molecule has 20 heavy (non-hydrogen) atoms. The molecular formula is C14H26N2O4. The largest absolute Gasteiger partial charge is 0.465 e. The van der Waals surface area contributed by atoms with Crippen molar-refractivity contribution in [2.45, 2.75) is 32.7 Å². The number of esters is 1. The summed E-state index contributed by atoms with van der Waals surface area (Å²) in [5.41, 5.74) is 0. The van der Waals surface area contributed by atoms with Gasteiger partial charge >= 0.3 is 5.97 Å². The molecule has 0 spiro atoms. The van der Waals surface area contributed by atoms with Gasteiger partial charge in [0.2, 0.25) is 5.91 Å². The van der Waals surface area contributed by atoms with Gasteiger partial charge in [-0.1, -0.05) is 6.92 Å². The number of amides is 1. The molecule has 0 aliphatic carbocycles. The Bertz CT molecular complexity index is 322. The standard InChI is InChI=1S/C14H26N2O4/c1-4-20-12(17)10-16(8-9-19-3)14(18)13-11(2)6-5-7-15-13/h11,13,15H,4-10H2,1-3H3. The van der Waals surface area contributed by atoms with Crippen molar-refractivity contribution in [1.29, 1.82) is 0 Å². The van der Waals surface area contributed by atoms with E-state index in [1.807, 2.05) is 0 Å². The van der Waals surface area contributed by atoms with Crippen molar-refractivity contribution < 1.29 is 19.1 Å². The topological polar surface area (TPSA) is 67.9 Å². The van der Waals surface area contributed by atoms with Crippen LogP contribution in [-0.2, 0) is 19.1 Å². The highest BCUT2D eigenvalue weighted by Gasteiger charge is 2.31. The average molecular weight is 286 g/mol. The van der Waals surface area contributed by atoms with Gasteiger partial charge in [-0.25, -0.2) is 0 Å². The van der Waals surface area contributed by atoms with Crippen molar-refractivity contribution in [2.24, 2.45) is 5.92 Å². The van der Waals surface area contributed by atoms with Crippen LogP contribution in [0.5, 0.6) is 0 Å². The van der Waals surface area contributed by atoms with Gasteiger partial charge in [-0.05, 0) is 32.2 Å². The number of carbonyl (C=O) groups is 2. The second-order valence-corrected chi connectivity index (χ2v) is 5.11. The average Bonchev–Trinajstić information content (AvgIpc) is 2.43. The lowest BCUT2D eigenvalue weighted by Crippen LogP contribution is -2.54. The molecular weight excluding hydrogens is 260 g/mol. The predicted molar refractivity (Wildman–Crippen MR) is 75.3 cm³/mol. The molecule has 0 saturated carbocycles. The van der Waals surface area contributed by atoms with Crippen LogP contribution in [0.2, 0.25) is 0 Å². The molecule has 1 aliphatic rings. The molecule has 2 unspecified atom stereocenters. The minimum atomic E-state index is -0.375. The van der Waals surface area contributed by atoms with Crippen LogP contribution in [0.1, 0.15) is 26.7 Å². The van der Waals surface area contributed by atoms with E-state index in [1.54, 1.807) is 14.0 Å². The summed E-state index contributed by atoms with van der Waals surface area (Å²) in [4.78, 5) is 25.7. The van der Waals surface area contributed by atoms with Crippen molar-refractivity contribution >= 4 is 11.9 Å². The molecule has 1 N–H and O–H groups in total. The Morgan fingerprint density at radius 3 is 2.75 bits per heavy atom. The maximum absolute atomic E-state index is 12.6. The number of ether oxygens (including phenoxy) is 2. The van der Waals surface area contributed by atoms with Crippen LogP contribution < -0.4 is 5.32 Å². The van der Waals surface area contributed by atoms with Gasteiger partial charge < -0.3 is 19.7 Å². The monoisotopic (exact) mass is 286 g/mol. The van der Waals surface area contributed by atoms with E-state index in [4.69, 9.17) is 9.47 Å². The van der Waals surface area contributed by atoms with Gasteiger partial charge in [0.15, 0.2) is 0 Å². The maximum atomic E-state index is 12.6. The Morgan fingerprint density at radius 2 is 2.15 bits per heavy atom. The predicted octanol–water partition coefficient (Wildman–Crippen LogP) is 0.413. The van der Waals surface area contributed by atoms with Crippen LogP contribution in [0.15, 0.2) is 0 Å². The number of nitrogens with one attached hydrogen (secondary N) is 1. The first-order valence-corrected chi connectivity index (χ1v) is 7.26. The molecule has 1 saturated heterocycles. The molecule has 1 heterocycles. The highest BCUT2D eigenvalue weighted by Crippen LogP contribution is 2.17. The SMILES string of the molecule is CCOC(=O)CN(CCOC)C(=O)C1NCCCC1C. The van der Waals surface area contributed by atoms with E-state index < -0.39 is 0 Å². The van der Waals surface area contributed by atoms with Gasteiger partial charge in [-0.3, -0.25) is 9.59 Å². The van der Waals surface area contributed by atoms with E-state index in [-0.39, 0.29) is 30.4 Å². The summed E-state index contributed by atoms with van der Waals surface area (Å²) in [6, 6.07) is -0.213. The van der Waals surface area contributed by atoms with Crippen LogP contribution in [0.4, 0.5) is 0 Å². The minimum Gasteiger partial charge on any atom is -0.465 e. The molecule has 1 amide bonds. The summed E-state index contributed by atoms with van der Waals surface area (Å²) >= 11 is 0. The fourth-order valence-corrected chi connectivity index (χ4v) is 2.41. The summed E-state index contributed by atoms with van der Waals surface area (Å²) in [6.45, 7) is 5.78. The van der Waals surface area contributed by atoms with Crippen LogP contribution in [0.25, 0.3) is 0 Å². The van der Waals surface area contributed by atoms with Gasteiger partial charge in [0.1, 0.15) is 6.54 Å². The minimum absolute atomic E-state index is 0.0130. The Kier molecular flexibility index (Phi) is 7.54. The first-order valence-electron chi connectivity index (χ1n) is 7.26. The fourth-order valence-electron chi connectivity index (χ4n) is 2.41. The molecule has 0 bridgehead atoms. The lowest BCUT2D eigenvalue weighted by Gasteiger charge is -2.33. The van der Waals surface area contributed by atoms with Gasteiger partial charge in [0, 0.05) is 13.7 Å². The normalized spacial score (nSPS) is 22.4. The molecule has 0 radical (unpaired) electrons. The zero-order valence-corrected chi connectivity index (χ0v) is 12.7. The number of hydrogen-bond donors (Lipinski definition) is 1. The van der Waals surface area contributed by atoms with Gasteiger partial charge in [-0.2, -0.15) is 0 Å². The highest BCUT2D eigenvalue weighted by molar-refractivity contribution is 5.86. The fraction of sp³-hybridized carbons (Fsp3) is 0.857. The summed E-state index contributed by atoms with van der Waals surface area (Å²) < 4.78 is 9.93. The van der Waals surface area contributed by atoms with E-state index in [9.17, 15) is 9.59 Å². The zero-order chi connectivity index (χ0) is 15.0. The molecule has 1 fully saturated rings. The second kappa shape index (κ2) is 8.92. The summed E-state index contributed by atoms with van der Waals surface area (Å²) in [5.74, 6) is -0.133. The molecule has 1 aliphatic heterocycles. The van der Waals surface area contributed by atoms with E-state index >= 15 is 0 Å². The molecule has 6 heteroatoms. The molecule has 0 aromatic heterocycles. The molecule has 0 aromatic rings. The number of carbonyl (C=O) groups excluding carboxylic acids is 2. The summed E-state index contributed by atoms with van der Waals surface area (Å²) in [7, 11) is 1.58. The van der Waals surface area contributed by atoms with Crippen molar-refractivity contribution in [3.63, 3.8) is 0 Å². The van der Waals surface area contributed by atoms with E-state index in [0.717, 1.165) is 19.4 Å². The van der Waals surface area contributed by atoms with E-state index in [0.29, 0.717) is 19.8 Å². The number of rotatable bonds is 7. The number of nitrogens with zero attached hydrogens (tertiary/aromatic N) is 1. The number of methoxy groups -OCH3 is 1. The summed E-state index contributed by atoms with van der Waals surface area (Å²) in [5, 5.41) is 3.25. The number of hydrogen-bond acceptors (Lipinski definition) is 5. The van der Waals surface area contributed by atoms with E-state index in [2.05, 4.69) is 12.2 Å². The third-order valence-electron chi connectivity index (χ3n) is 3.54. The van der Waals surface area contributed by atoms with Crippen LogP contribution in [-0.4, -0.2) is 62.8 Å². The third-order valence-corrected chi connectivity index (χ3v) is 3.54. The highest BCUT2D eigenvalue weighted by atomic mass is 16.5. The van der Waals surface area contributed by atoms with Gasteiger partial charge in [0.25, 0.3) is 0 Å². The lowest BCUT2D eigenvalue weighted by molar-refractivity contribution is -0.150. The second-order valence-electron chi connectivity index (χ2n) is 5.11. The molecule has 0 aromatic carbocycles. The molecule has 116 valence electrons. The van der Waals surface area contributed by atoms with Crippen LogP contribution in [0.3, 0.4) is 0 Å².